The number of benzene rings is 2. The summed E-state index contributed by atoms with van der Waals surface area (Å²) in [4.78, 5) is 12.4. The maximum absolute atomic E-state index is 12.4. The molecule has 0 fully saturated rings. The van der Waals surface area contributed by atoms with Crippen LogP contribution < -0.4 is 9.47 Å². The number of halogens is 1. The van der Waals surface area contributed by atoms with Gasteiger partial charge >= 0.3 is 5.97 Å². The van der Waals surface area contributed by atoms with Crippen molar-refractivity contribution in [2.75, 3.05) is 13.2 Å². The first-order chi connectivity index (χ1) is 13.6. The van der Waals surface area contributed by atoms with Crippen LogP contribution in [0.4, 0.5) is 0 Å². The van der Waals surface area contributed by atoms with Crippen LogP contribution in [-0.4, -0.2) is 29.4 Å². The Morgan fingerprint density at radius 2 is 1.93 bits per heavy atom. The van der Waals surface area contributed by atoms with Gasteiger partial charge in [-0.05, 0) is 36.8 Å². The number of carbonyl (C=O) groups is 1. The van der Waals surface area contributed by atoms with Gasteiger partial charge in [0, 0.05) is 0 Å². The largest absolute Gasteiger partial charge is 0.486 e. The highest BCUT2D eigenvalue weighted by Crippen LogP contribution is 2.33. The lowest BCUT2D eigenvalue weighted by Gasteiger charge is -2.20. The Morgan fingerprint density at radius 1 is 1.14 bits per heavy atom. The maximum Gasteiger partial charge on any atom is 0.313 e. The minimum absolute atomic E-state index is 0.120. The number of aromatic nitrogens is 2. The average Bonchev–Trinajstić information content (AvgIpc) is 3.20. The standard InChI is InChI=1S/C20H17ClN2O5/c1-12(13-6-7-16-17(10-13)26-9-8-25-16)20(24)27-11-18-22-23-19(28-18)14-4-2-3-5-15(14)21/h2-7,10,12H,8-9,11H2,1H3. The van der Waals surface area contributed by atoms with Gasteiger partial charge in [0.05, 0.1) is 16.5 Å². The van der Waals surface area contributed by atoms with Gasteiger partial charge in [-0.2, -0.15) is 0 Å². The molecule has 0 radical (unpaired) electrons. The molecule has 7 nitrogen and oxygen atoms in total. The number of fused-ring (bicyclic) bond motifs is 1. The monoisotopic (exact) mass is 400 g/mol. The van der Waals surface area contributed by atoms with Gasteiger partial charge in [-0.25, -0.2) is 0 Å². The third-order valence-electron chi connectivity index (χ3n) is 4.33. The molecule has 1 atom stereocenters. The molecule has 1 unspecified atom stereocenters. The van der Waals surface area contributed by atoms with E-state index in [4.69, 9.17) is 30.2 Å². The van der Waals surface area contributed by atoms with Crippen molar-refractivity contribution in [3.63, 3.8) is 0 Å². The van der Waals surface area contributed by atoms with E-state index in [1.54, 1.807) is 31.2 Å². The Morgan fingerprint density at radius 3 is 2.75 bits per heavy atom. The minimum Gasteiger partial charge on any atom is -0.486 e. The Labute approximate surface area is 166 Å². The number of esters is 1. The number of ether oxygens (including phenoxy) is 3. The molecule has 1 aliphatic heterocycles. The van der Waals surface area contributed by atoms with Crippen LogP contribution in [0.1, 0.15) is 24.3 Å². The molecule has 1 aromatic heterocycles. The Bertz CT molecular complexity index is 1000. The summed E-state index contributed by atoms with van der Waals surface area (Å²) in [5.41, 5.74) is 1.40. The topological polar surface area (TPSA) is 83.7 Å². The zero-order chi connectivity index (χ0) is 19.5. The molecule has 0 spiro atoms. The fraction of sp³-hybridized carbons (Fsp3) is 0.250. The average molecular weight is 401 g/mol. The summed E-state index contributed by atoms with van der Waals surface area (Å²) in [5.74, 6) is 0.878. The first kappa shape index (κ1) is 18.3. The van der Waals surface area contributed by atoms with Crippen molar-refractivity contribution < 1.29 is 23.4 Å². The van der Waals surface area contributed by atoms with Crippen molar-refractivity contribution in [2.24, 2.45) is 0 Å². The molecular weight excluding hydrogens is 384 g/mol. The van der Waals surface area contributed by atoms with Crippen LogP contribution in [-0.2, 0) is 16.1 Å². The first-order valence-corrected chi connectivity index (χ1v) is 9.13. The Kier molecular flexibility index (Phi) is 5.16. The van der Waals surface area contributed by atoms with Crippen LogP contribution in [0.25, 0.3) is 11.5 Å². The highest BCUT2D eigenvalue weighted by atomic mass is 35.5. The maximum atomic E-state index is 12.4. The first-order valence-electron chi connectivity index (χ1n) is 8.75. The van der Waals surface area contributed by atoms with Crippen LogP contribution in [0, 0.1) is 0 Å². The quantitative estimate of drug-likeness (QED) is 0.598. The van der Waals surface area contributed by atoms with Gasteiger partial charge in [-0.15, -0.1) is 10.2 Å². The zero-order valence-electron chi connectivity index (χ0n) is 15.1. The molecule has 2 aromatic carbocycles. The van der Waals surface area contributed by atoms with Gasteiger partial charge in [0.15, 0.2) is 18.1 Å². The van der Waals surface area contributed by atoms with E-state index in [0.717, 1.165) is 5.56 Å². The van der Waals surface area contributed by atoms with E-state index in [-0.39, 0.29) is 18.4 Å². The van der Waals surface area contributed by atoms with Gasteiger partial charge in [0.25, 0.3) is 5.89 Å². The van der Waals surface area contributed by atoms with Crippen molar-refractivity contribution in [1.82, 2.24) is 10.2 Å². The van der Waals surface area contributed by atoms with Gasteiger partial charge in [0.2, 0.25) is 5.89 Å². The number of hydrogen-bond acceptors (Lipinski definition) is 7. The van der Waals surface area contributed by atoms with Crippen LogP contribution in [0.5, 0.6) is 11.5 Å². The van der Waals surface area contributed by atoms with Crippen LogP contribution in [0.3, 0.4) is 0 Å². The number of hydrogen-bond donors (Lipinski definition) is 0. The summed E-state index contributed by atoms with van der Waals surface area (Å²) in [6, 6.07) is 12.5. The van der Waals surface area contributed by atoms with Crippen LogP contribution in [0.15, 0.2) is 46.9 Å². The molecule has 0 saturated carbocycles. The normalized spacial score (nSPS) is 13.8. The van der Waals surface area contributed by atoms with Crippen LogP contribution >= 0.6 is 11.6 Å². The minimum atomic E-state index is -0.484. The van der Waals surface area contributed by atoms with Crippen molar-refractivity contribution in [3.8, 4) is 23.0 Å². The van der Waals surface area contributed by atoms with Gasteiger partial charge in [0.1, 0.15) is 13.2 Å². The summed E-state index contributed by atoms with van der Waals surface area (Å²) in [6.45, 7) is 2.65. The molecule has 144 valence electrons. The van der Waals surface area contributed by atoms with E-state index >= 15 is 0 Å². The highest BCUT2D eigenvalue weighted by Gasteiger charge is 2.21. The van der Waals surface area contributed by atoms with E-state index in [9.17, 15) is 4.79 Å². The van der Waals surface area contributed by atoms with Gasteiger partial charge < -0.3 is 18.6 Å². The van der Waals surface area contributed by atoms with Gasteiger partial charge in [-0.1, -0.05) is 29.8 Å². The molecule has 28 heavy (non-hydrogen) atoms. The molecule has 0 aliphatic carbocycles. The van der Waals surface area contributed by atoms with E-state index in [1.165, 1.54) is 0 Å². The second kappa shape index (κ2) is 7.90. The van der Waals surface area contributed by atoms with E-state index in [2.05, 4.69) is 10.2 Å². The molecule has 3 aromatic rings. The summed E-state index contributed by atoms with van der Waals surface area (Å²) in [7, 11) is 0. The molecule has 1 aliphatic rings. The van der Waals surface area contributed by atoms with Crippen molar-refractivity contribution in [1.29, 1.82) is 0 Å². The third kappa shape index (κ3) is 3.80. The predicted molar refractivity (Wildman–Crippen MR) is 100 cm³/mol. The molecule has 8 heteroatoms. The van der Waals surface area contributed by atoms with Crippen molar-refractivity contribution in [2.45, 2.75) is 19.4 Å². The SMILES string of the molecule is CC(C(=O)OCc1nnc(-c2ccccc2Cl)o1)c1ccc2c(c1)OCCO2. The van der Waals surface area contributed by atoms with Crippen molar-refractivity contribution in [3.05, 3.63) is 58.9 Å². The molecule has 2 heterocycles. The summed E-state index contributed by atoms with van der Waals surface area (Å²) >= 11 is 6.12. The van der Waals surface area contributed by atoms with Gasteiger partial charge in [-0.3, -0.25) is 4.79 Å². The van der Waals surface area contributed by atoms with Crippen LogP contribution in [0.2, 0.25) is 5.02 Å². The van der Waals surface area contributed by atoms with Crippen molar-refractivity contribution >= 4 is 17.6 Å². The lowest BCUT2D eigenvalue weighted by Crippen LogP contribution is -2.17. The Hall–Kier alpha value is -3.06. The zero-order valence-corrected chi connectivity index (χ0v) is 15.8. The lowest BCUT2D eigenvalue weighted by atomic mass is 10.0. The second-order valence-corrected chi connectivity index (χ2v) is 6.62. The number of nitrogens with zero attached hydrogens (tertiary/aromatic N) is 2. The van der Waals surface area contributed by atoms with E-state index in [1.807, 2.05) is 18.2 Å². The van der Waals surface area contributed by atoms with E-state index in [0.29, 0.717) is 35.3 Å². The summed E-state index contributed by atoms with van der Waals surface area (Å²) in [5, 5.41) is 8.36. The fourth-order valence-corrected chi connectivity index (χ4v) is 3.00. The third-order valence-corrected chi connectivity index (χ3v) is 4.66. The second-order valence-electron chi connectivity index (χ2n) is 6.21. The fourth-order valence-electron chi connectivity index (χ4n) is 2.78. The number of rotatable bonds is 5. The number of carbonyl (C=O) groups excluding carboxylic acids is 1. The molecular formula is C20H17ClN2O5. The molecule has 0 saturated heterocycles. The molecule has 0 N–H and O–H groups in total. The summed E-state index contributed by atoms with van der Waals surface area (Å²) in [6.07, 6.45) is 0. The van der Waals surface area contributed by atoms with E-state index < -0.39 is 11.9 Å². The lowest BCUT2D eigenvalue weighted by molar-refractivity contribution is -0.147. The molecule has 0 amide bonds. The summed E-state index contributed by atoms with van der Waals surface area (Å²) < 4.78 is 21.9. The highest BCUT2D eigenvalue weighted by molar-refractivity contribution is 6.33. The predicted octanol–water partition coefficient (Wildman–Crippen LogP) is 4.01. The molecule has 4 rings (SSSR count). The Balaban J connectivity index is 1.40. The smallest absolute Gasteiger partial charge is 0.313 e. The molecule has 0 bridgehead atoms.